The zero-order valence-corrected chi connectivity index (χ0v) is 16.6. The van der Waals surface area contributed by atoms with Crippen molar-refractivity contribution in [2.45, 2.75) is 6.92 Å². The van der Waals surface area contributed by atoms with E-state index in [4.69, 9.17) is 0 Å². The van der Waals surface area contributed by atoms with Gasteiger partial charge < -0.3 is 0 Å². The summed E-state index contributed by atoms with van der Waals surface area (Å²) in [6, 6.07) is 13.9. The highest BCUT2D eigenvalue weighted by Crippen LogP contribution is 2.31. The predicted octanol–water partition coefficient (Wildman–Crippen LogP) is 6.46. The zero-order chi connectivity index (χ0) is 16.6. The molecular weight excluding hydrogens is 490 g/mol. The van der Waals surface area contributed by atoms with Crippen molar-refractivity contribution in [3.05, 3.63) is 78.4 Å². The maximum atomic E-state index is 13.0. The minimum Gasteiger partial charge on any atom is -0.288 e. The van der Waals surface area contributed by atoms with Crippen molar-refractivity contribution in [1.82, 2.24) is 0 Å². The molecule has 0 aliphatic heterocycles. The minimum atomic E-state index is -0.262. The maximum Gasteiger partial charge on any atom is 0.203 e. The monoisotopic (exact) mass is 500 g/mol. The van der Waals surface area contributed by atoms with E-state index in [1.54, 1.807) is 12.1 Å². The van der Waals surface area contributed by atoms with Crippen LogP contribution in [0.2, 0.25) is 0 Å². The lowest BCUT2D eigenvalue weighted by molar-refractivity contribution is 0.104. The summed E-state index contributed by atoms with van der Waals surface area (Å²) in [6.45, 7) is 1.93. The summed E-state index contributed by atoms with van der Waals surface area (Å²) in [7, 11) is 0. The SMILES string of the molecule is Cc1cc(Br)c(I)cc1C(=O)c1ccc(-c2ccc(F)cc2)s1. The number of rotatable bonds is 3. The van der Waals surface area contributed by atoms with E-state index in [1.165, 1.54) is 23.5 Å². The smallest absolute Gasteiger partial charge is 0.203 e. The average Bonchev–Trinajstić information content (AvgIpc) is 3.01. The van der Waals surface area contributed by atoms with E-state index < -0.39 is 0 Å². The summed E-state index contributed by atoms with van der Waals surface area (Å²) in [5.74, 6) is -0.243. The Morgan fingerprint density at radius 1 is 1.13 bits per heavy atom. The molecule has 5 heteroatoms. The van der Waals surface area contributed by atoms with E-state index in [0.29, 0.717) is 10.4 Å². The van der Waals surface area contributed by atoms with Gasteiger partial charge in [0.2, 0.25) is 5.78 Å². The molecule has 0 unspecified atom stereocenters. The summed E-state index contributed by atoms with van der Waals surface area (Å²) in [5.41, 5.74) is 2.57. The van der Waals surface area contributed by atoms with Crippen molar-refractivity contribution in [1.29, 1.82) is 0 Å². The van der Waals surface area contributed by atoms with Gasteiger partial charge in [-0.25, -0.2) is 4.39 Å². The molecule has 116 valence electrons. The number of thiophene rings is 1. The molecule has 1 heterocycles. The first kappa shape index (κ1) is 16.8. The lowest BCUT2D eigenvalue weighted by Gasteiger charge is -2.06. The Labute approximate surface area is 159 Å². The molecule has 1 nitrogen and oxygen atoms in total. The Bertz CT molecular complexity index is 887. The van der Waals surface area contributed by atoms with Gasteiger partial charge in [0.15, 0.2) is 0 Å². The van der Waals surface area contributed by atoms with E-state index in [2.05, 4.69) is 38.5 Å². The molecule has 0 aliphatic rings. The number of ketones is 1. The fourth-order valence-corrected chi connectivity index (χ4v) is 4.14. The second kappa shape index (κ2) is 6.83. The van der Waals surface area contributed by atoms with Crippen LogP contribution in [0.4, 0.5) is 4.39 Å². The first-order valence-electron chi connectivity index (χ1n) is 6.82. The molecule has 3 rings (SSSR count). The number of carbonyl (C=O) groups excluding carboxylic acids is 1. The van der Waals surface area contributed by atoms with Gasteiger partial charge in [0.05, 0.1) is 4.88 Å². The first-order valence-corrected chi connectivity index (χ1v) is 9.50. The summed E-state index contributed by atoms with van der Waals surface area (Å²) in [5, 5.41) is 0. The van der Waals surface area contributed by atoms with Crippen LogP contribution in [0.3, 0.4) is 0 Å². The topological polar surface area (TPSA) is 17.1 Å². The van der Waals surface area contributed by atoms with Crippen molar-refractivity contribution < 1.29 is 9.18 Å². The molecular formula is C18H11BrFIOS. The van der Waals surface area contributed by atoms with Crippen molar-refractivity contribution in [3.8, 4) is 10.4 Å². The fourth-order valence-electron chi connectivity index (χ4n) is 2.25. The van der Waals surface area contributed by atoms with E-state index in [-0.39, 0.29) is 11.6 Å². The van der Waals surface area contributed by atoms with Crippen LogP contribution in [0.25, 0.3) is 10.4 Å². The second-order valence-electron chi connectivity index (χ2n) is 5.08. The number of hydrogen-bond donors (Lipinski definition) is 0. The van der Waals surface area contributed by atoms with Gasteiger partial charge in [-0.3, -0.25) is 4.79 Å². The van der Waals surface area contributed by atoms with E-state index >= 15 is 0 Å². The van der Waals surface area contributed by atoms with Gasteiger partial charge in [-0.2, -0.15) is 0 Å². The Kier molecular flexibility index (Phi) is 4.98. The summed E-state index contributed by atoms with van der Waals surface area (Å²) in [4.78, 5) is 14.4. The van der Waals surface area contributed by atoms with Crippen LogP contribution in [-0.4, -0.2) is 5.78 Å². The number of carbonyl (C=O) groups is 1. The van der Waals surface area contributed by atoms with Crippen LogP contribution in [-0.2, 0) is 0 Å². The maximum absolute atomic E-state index is 13.0. The third kappa shape index (κ3) is 3.56. The van der Waals surface area contributed by atoms with Crippen molar-refractivity contribution in [3.63, 3.8) is 0 Å². The second-order valence-corrected chi connectivity index (χ2v) is 8.18. The molecule has 0 saturated heterocycles. The van der Waals surface area contributed by atoms with Crippen molar-refractivity contribution in [2.24, 2.45) is 0 Å². The van der Waals surface area contributed by atoms with Gasteiger partial charge in [0.1, 0.15) is 5.82 Å². The summed E-state index contributed by atoms with van der Waals surface area (Å²) >= 11 is 7.11. The van der Waals surface area contributed by atoms with Gasteiger partial charge in [-0.15, -0.1) is 11.3 Å². The third-order valence-electron chi connectivity index (χ3n) is 3.47. The van der Waals surface area contributed by atoms with Crippen molar-refractivity contribution in [2.75, 3.05) is 0 Å². The highest BCUT2D eigenvalue weighted by molar-refractivity contribution is 14.1. The Morgan fingerprint density at radius 2 is 1.83 bits per heavy atom. The number of halogens is 3. The lowest BCUT2D eigenvalue weighted by Crippen LogP contribution is -2.02. The molecule has 0 saturated carbocycles. The average molecular weight is 501 g/mol. The Morgan fingerprint density at radius 3 is 2.52 bits per heavy atom. The standard InChI is InChI=1S/C18H11BrFIOS/c1-10-8-14(19)15(21)9-13(10)18(22)17-7-6-16(23-17)11-2-4-12(20)5-3-11/h2-9H,1H3. The molecule has 0 amide bonds. The molecule has 0 N–H and O–H groups in total. The van der Waals surface area contributed by atoms with Gasteiger partial charge in [0.25, 0.3) is 0 Å². The van der Waals surface area contributed by atoms with E-state index in [0.717, 1.165) is 24.0 Å². The fraction of sp³-hybridized carbons (Fsp3) is 0.0556. The largest absolute Gasteiger partial charge is 0.288 e. The molecule has 23 heavy (non-hydrogen) atoms. The summed E-state index contributed by atoms with van der Waals surface area (Å²) < 4.78 is 15.0. The van der Waals surface area contributed by atoms with Crippen LogP contribution in [0.5, 0.6) is 0 Å². The predicted molar refractivity (Wildman–Crippen MR) is 105 cm³/mol. The molecule has 0 atom stereocenters. The van der Waals surface area contributed by atoms with E-state index in [1.807, 2.05) is 31.2 Å². The molecule has 0 spiro atoms. The molecule has 0 aliphatic carbocycles. The molecule has 3 aromatic rings. The molecule has 0 fully saturated rings. The van der Waals surface area contributed by atoms with Gasteiger partial charge >= 0.3 is 0 Å². The van der Waals surface area contributed by atoms with Crippen LogP contribution in [0.15, 0.2) is 53.0 Å². The Hall–Kier alpha value is -1.05. The molecule has 1 aromatic heterocycles. The van der Waals surface area contributed by atoms with Crippen LogP contribution < -0.4 is 0 Å². The first-order chi connectivity index (χ1) is 11.0. The van der Waals surface area contributed by atoms with Gasteiger partial charge in [0, 0.05) is 18.5 Å². The number of hydrogen-bond acceptors (Lipinski definition) is 2. The van der Waals surface area contributed by atoms with Gasteiger partial charge in [-0.1, -0.05) is 12.1 Å². The highest BCUT2D eigenvalue weighted by Gasteiger charge is 2.16. The zero-order valence-electron chi connectivity index (χ0n) is 12.1. The lowest BCUT2D eigenvalue weighted by atomic mass is 10.0. The molecule has 2 aromatic carbocycles. The Balaban J connectivity index is 1.95. The quantitative estimate of drug-likeness (QED) is 0.298. The van der Waals surface area contributed by atoms with Gasteiger partial charge in [-0.05, 0) is 93.0 Å². The number of benzene rings is 2. The molecule has 0 bridgehead atoms. The van der Waals surface area contributed by atoms with Crippen LogP contribution in [0, 0.1) is 16.3 Å². The van der Waals surface area contributed by atoms with E-state index in [9.17, 15) is 9.18 Å². The summed E-state index contributed by atoms with van der Waals surface area (Å²) in [6.07, 6.45) is 0. The normalized spacial score (nSPS) is 10.8. The highest BCUT2D eigenvalue weighted by atomic mass is 127. The minimum absolute atomic E-state index is 0.0197. The third-order valence-corrected chi connectivity index (χ3v) is 6.89. The van der Waals surface area contributed by atoms with Crippen LogP contribution in [0.1, 0.15) is 20.8 Å². The van der Waals surface area contributed by atoms with Crippen LogP contribution >= 0.6 is 49.9 Å². The van der Waals surface area contributed by atoms with Crippen molar-refractivity contribution >= 4 is 55.6 Å². The number of aryl methyl sites for hydroxylation is 1. The molecule has 0 radical (unpaired) electrons.